The van der Waals surface area contributed by atoms with Gasteiger partial charge in [0, 0.05) is 23.6 Å². The van der Waals surface area contributed by atoms with Gasteiger partial charge in [-0.3, -0.25) is 0 Å². The summed E-state index contributed by atoms with van der Waals surface area (Å²) in [6, 6.07) is 8.86. The molecule has 0 aliphatic carbocycles. The Balaban J connectivity index is 2.24. The molecular weight excluding hydrogens is 280 g/mol. The lowest BCUT2D eigenvalue weighted by molar-refractivity contribution is 0.259. The Hall–Kier alpha value is -0.580. The van der Waals surface area contributed by atoms with Gasteiger partial charge in [0.2, 0.25) is 0 Å². The van der Waals surface area contributed by atoms with E-state index in [1.165, 1.54) is 5.69 Å². The second kappa shape index (κ2) is 5.85. The van der Waals surface area contributed by atoms with Gasteiger partial charge in [-0.15, -0.1) is 0 Å². The zero-order valence-corrected chi connectivity index (χ0v) is 11.7. The summed E-state index contributed by atoms with van der Waals surface area (Å²) in [4.78, 5) is 2.29. The largest absolute Gasteiger partial charge is 0.394 e. The van der Waals surface area contributed by atoms with Crippen LogP contribution in [0, 0.1) is 0 Å². The number of aliphatic hydroxyl groups is 1. The molecule has 2 N–H and O–H groups in total. The molecule has 1 aliphatic heterocycles. The fourth-order valence-corrected chi connectivity index (χ4v) is 2.74. The van der Waals surface area contributed by atoms with Gasteiger partial charge in [0.25, 0.3) is 0 Å². The van der Waals surface area contributed by atoms with Crippen LogP contribution in [0.1, 0.15) is 13.3 Å². The van der Waals surface area contributed by atoms with Gasteiger partial charge in [-0.2, -0.15) is 0 Å². The number of rotatable bonds is 2. The molecule has 1 saturated heterocycles. The van der Waals surface area contributed by atoms with E-state index in [4.69, 9.17) is 0 Å². The molecular formula is C13H19BrN2O. The molecule has 4 heteroatoms. The van der Waals surface area contributed by atoms with E-state index in [0.29, 0.717) is 6.04 Å². The molecule has 1 fully saturated rings. The molecule has 0 saturated carbocycles. The van der Waals surface area contributed by atoms with Gasteiger partial charge in [0.05, 0.1) is 18.3 Å². The lowest BCUT2D eigenvalue weighted by Gasteiger charge is -2.31. The summed E-state index contributed by atoms with van der Waals surface area (Å²) in [6.45, 7) is 4.18. The third-order valence-electron chi connectivity index (χ3n) is 3.32. The number of para-hydroxylation sites is 1. The number of nitrogens with one attached hydrogen (secondary N) is 1. The predicted octanol–water partition coefficient (Wildman–Crippen LogP) is 2.00. The van der Waals surface area contributed by atoms with Crippen LogP contribution < -0.4 is 10.2 Å². The van der Waals surface area contributed by atoms with Crippen LogP contribution in [0.3, 0.4) is 0 Å². The Bertz CT molecular complexity index is 372. The quantitative estimate of drug-likeness (QED) is 0.877. The van der Waals surface area contributed by atoms with E-state index in [1.807, 2.05) is 18.2 Å². The lowest BCUT2D eigenvalue weighted by atomic mass is 10.2. The second-order valence-electron chi connectivity index (χ2n) is 4.58. The van der Waals surface area contributed by atoms with Crippen LogP contribution in [-0.4, -0.2) is 36.9 Å². The number of hydrogen-bond acceptors (Lipinski definition) is 3. The summed E-state index contributed by atoms with van der Waals surface area (Å²) in [5.41, 5.74) is 1.17. The maximum atomic E-state index is 9.53. The van der Waals surface area contributed by atoms with Crippen LogP contribution in [0.15, 0.2) is 28.7 Å². The van der Waals surface area contributed by atoms with E-state index >= 15 is 0 Å². The number of nitrogens with zero attached hydrogens (tertiary/aromatic N) is 1. The minimum atomic E-state index is 0.152. The van der Waals surface area contributed by atoms with Crippen molar-refractivity contribution in [1.29, 1.82) is 0 Å². The lowest BCUT2D eigenvalue weighted by Crippen LogP contribution is -2.43. The SMILES string of the molecule is CC1CCN(c2ccccc2Br)C(CO)CN1. The van der Waals surface area contributed by atoms with Crippen molar-refractivity contribution in [3.8, 4) is 0 Å². The van der Waals surface area contributed by atoms with Gasteiger partial charge >= 0.3 is 0 Å². The van der Waals surface area contributed by atoms with Crippen LogP contribution in [-0.2, 0) is 0 Å². The Morgan fingerprint density at radius 1 is 1.47 bits per heavy atom. The summed E-state index contributed by atoms with van der Waals surface area (Å²) in [7, 11) is 0. The van der Waals surface area contributed by atoms with Crippen LogP contribution in [0.2, 0.25) is 0 Å². The smallest absolute Gasteiger partial charge is 0.0647 e. The topological polar surface area (TPSA) is 35.5 Å². The predicted molar refractivity (Wildman–Crippen MR) is 74.4 cm³/mol. The van der Waals surface area contributed by atoms with Gasteiger partial charge in [0.1, 0.15) is 0 Å². The summed E-state index contributed by atoms with van der Waals surface area (Å²) in [5.74, 6) is 0. The minimum absolute atomic E-state index is 0.152. The highest BCUT2D eigenvalue weighted by molar-refractivity contribution is 9.10. The van der Waals surface area contributed by atoms with E-state index < -0.39 is 0 Å². The maximum absolute atomic E-state index is 9.53. The molecule has 2 atom stereocenters. The average molecular weight is 299 g/mol. The fourth-order valence-electron chi connectivity index (χ4n) is 2.23. The van der Waals surface area contributed by atoms with Crippen molar-refractivity contribution in [3.05, 3.63) is 28.7 Å². The normalized spacial score (nSPS) is 25.7. The van der Waals surface area contributed by atoms with E-state index in [0.717, 1.165) is 24.0 Å². The molecule has 0 bridgehead atoms. The standard InChI is InChI=1S/C13H19BrN2O/c1-10-6-7-16(11(9-17)8-15-10)13-5-3-2-4-12(13)14/h2-5,10-11,15,17H,6-9H2,1H3. The molecule has 0 amide bonds. The first-order valence-corrected chi connectivity index (χ1v) is 6.87. The van der Waals surface area contributed by atoms with E-state index in [2.05, 4.69) is 39.1 Å². The van der Waals surface area contributed by atoms with Crippen molar-refractivity contribution in [3.63, 3.8) is 0 Å². The van der Waals surface area contributed by atoms with Crippen LogP contribution >= 0.6 is 15.9 Å². The molecule has 2 unspecified atom stereocenters. The maximum Gasteiger partial charge on any atom is 0.0647 e. The Morgan fingerprint density at radius 2 is 2.24 bits per heavy atom. The van der Waals surface area contributed by atoms with Crippen molar-refractivity contribution in [1.82, 2.24) is 5.32 Å². The molecule has 94 valence electrons. The van der Waals surface area contributed by atoms with Crippen LogP contribution in [0.5, 0.6) is 0 Å². The molecule has 3 nitrogen and oxygen atoms in total. The first kappa shape index (κ1) is 12.9. The number of aliphatic hydroxyl groups excluding tert-OH is 1. The molecule has 2 rings (SSSR count). The highest BCUT2D eigenvalue weighted by atomic mass is 79.9. The highest BCUT2D eigenvalue weighted by Crippen LogP contribution is 2.28. The minimum Gasteiger partial charge on any atom is -0.394 e. The highest BCUT2D eigenvalue weighted by Gasteiger charge is 2.23. The van der Waals surface area contributed by atoms with Gasteiger partial charge in [-0.05, 0) is 41.4 Å². The van der Waals surface area contributed by atoms with E-state index in [9.17, 15) is 5.11 Å². The first-order chi connectivity index (χ1) is 8.22. The second-order valence-corrected chi connectivity index (χ2v) is 5.43. The molecule has 17 heavy (non-hydrogen) atoms. The summed E-state index contributed by atoms with van der Waals surface area (Å²) >= 11 is 3.59. The van der Waals surface area contributed by atoms with Crippen molar-refractivity contribution in [2.45, 2.75) is 25.4 Å². The number of hydrogen-bond donors (Lipinski definition) is 2. The van der Waals surface area contributed by atoms with Crippen LogP contribution in [0.4, 0.5) is 5.69 Å². The Labute approximate surface area is 111 Å². The molecule has 1 heterocycles. The zero-order valence-electron chi connectivity index (χ0n) is 10.1. The fraction of sp³-hybridized carbons (Fsp3) is 0.538. The third-order valence-corrected chi connectivity index (χ3v) is 3.99. The first-order valence-electron chi connectivity index (χ1n) is 6.07. The number of benzene rings is 1. The Kier molecular flexibility index (Phi) is 4.42. The monoisotopic (exact) mass is 298 g/mol. The molecule has 1 aromatic rings. The summed E-state index contributed by atoms with van der Waals surface area (Å²) in [5, 5.41) is 13.0. The van der Waals surface area contributed by atoms with Crippen molar-refractivity contribution in [2.75, 3.05) is 24.6 Å². The third kappa shape index (κ3) is 3.00. The average Bonchev–Trinajstić information content (AvgIpc) is 2.52. The number of halogens is 1. The summed E-state index contributed by atoms with van der Waals surface area (Å²) < 4.78 is 1.09. The van der Waals surface area contributed by atoms with Gasteiger partial charge in [0.15, 0.2) is 0 Å². The van der Waals surface area contributed by atoms with E-state index in [1.54, 1.807) is 0 Å². The van der Waals surface area contributed by atoms with Gasteiger partial charge in [-0.25, -0.2) is 0 Å². The van der Waals surface area contributed by atoms with Gasteiger partial charge in [-0.1, -0.05) is 12.1 Å². The summed E-state index contributed by atoms with van der Waals surface area (Å²) in [6.07, 6.45) is 1.10. The van der Waals surface area contributed by atoms with Crippen molar-refractivity contribution < 1.29 is 5.11 Å². The Morgan fingerprint density at radius 3 is 2.94 bits per heavy atom. The molecule has 0 radical (unpaired) electrons. The molecule has 1 aliphatic rings. The van der Waals surface area contributed by atoms with E-state index in [-0.39, 0.29) is 12.6 Å². The van der Waals surface area contributed by atoms with Crippen molar-refractivity contribution >= 4 is 21.6 Å². The zero-order chi connectivity index (χ0) is 12.3. The number of anilines is 1. The van der Waals surface area contributed by atoms with Gasteiger partial charge < -0.3 is 15.3 Å². The van der Waals surface area contributed by atoms with Crippen molar-refractivity contribution in [2.24, 2.45) is 0 Å². The molecule has 0 aromatic heterocycles. The molecule has 0 spiro atoms. The van der Waals surface area contributed by atoms with Crippen LogP contribution in [0.25, 0.3) is 0 Å². The molecule has 1 aromatic carbocycles.